The van der Waals surface area contributed by atoms with Crippen LogP contribution in [0.4, 0.5) is 5.82 Å². The molecule has 1 aromatic rings. The molecule has 0 amide bonds. The molecule has 1 fully saturated rings. The first-order valence-electron chi connectivity index (χ1n) is 5.86. The van der Waals surface area contributed by atoms with E-state index < -0.39 is 0 Å². The quantitative estimate of drug-likeness (QED) is 0.805. The molecule has 1 aliphatic heterocycles. The smallest absolute Gasteiger partial charge is 0.224 e. The molecule has 6 heteroatoms. The van der Waals surface area contributed by atoms with Gasteiger partial charge in [-0.15, -0.1) is 0 Å². The molecule has 2 rings (SSSR count). The molecule has 0 aliphatic carbocycles. The molecule has 0 unspecified atom stereocenters. The van der Waals surface area contributed by atoms with Crippen molar-refractivity contribution in [1.82, 2.24) is 14.9 Å². The molecule has 0 atom stereocenters. The fourth-order valence-electron chi connectivity index (χ4n) is 2.07. The molecule has 0 saturated carbocycles. The Labute approximate surface area is 106 Å². The van der Waals surface area contributed by atoms with Crippen molar-refractivity contribution in [3.63, 3.8) is 0 Å². The van der Waals surface area contributed by atoms with E-state index in [-0.39, 0.29) is 6.61 Å². The van der Waals surface area contributed by atoms with E-state index in [2.05, 4.69) is 19.8 Å². The summed E-state index contributed by atoms with van der Waals surface area (Å²) in [5.41, 5.74) is 0. The van der Waals surface area contributed by atoms with E-state index in [9.17, 15) is 0 Å². The number of β-amino-alcohol motifs (C(OH)–C–C–N with tert-alkyl or cyclic N) is 1. The highest BCUT2D eigenvalue weighted by atomic mass is 35.5. The van der Waals surface area contributed by atoms with Crippen LogP contribution in [0.2, 0.25) is 5.28 Å². The lowest BCUT2D eigenvalue weighted by molar-refractivity contribution is 0.204. The Morgan fingerprint density at radius 1 is 1.29 bits per heavy atom. The van der Waals surface area contributed by atoms with E-state index in [1.807, 2.05) is 6.07 Å². The number of aliphatic hydroxyl groups is 1. The molecule has 2 heterocycles. The Kier molecular flexibility index (Phi) is 4.53. The van der Waals surface area contributed by atoms with Crippen molar-refractivity contribution >= 4 is 17.4 Å². The molecule has 0 radical (unpaired) electrons. The molecule has 1 aromatic heterocycles. The second-order valence-electron chi connectivity index (χ2n) is 4.09. The van der Waals surface area contributed by atoms with Crippen molar-refractivity contribution < 1.29 is 5.11 Å². The van der Waals surface area contributed by atoms with Gasteiger partial charge in [0.1, 0.15) is 5.82 Å². The van der Waals surface area contributed by atoms with E-state index in [4.69, 9.17) is 16.7 Å². The molecule has 0 bridgehead atoms. The SMILES string of the molecule is OCCN1CCCN(c2ccnc(Cl)n2)CC1. The van der Waals surface area contributed by atoms with Crippen LogP contribution in [0.5, 0.6) is 0 Å². The number of aliphatic hydroxyl groups excluding tert-OH is 1. The minimum Gasteiger partial charge on any atom is -0.395 e. The summed E-state index contributed by atoms with van der Waals surface area (Å²) in [6, 6.07) is 1.88. The average molecular weight is 257 g/mol. The maximum atomic E-state index is 8.94. The van der Waals surface area contributed by atoms with Gasteiger partial charge in [0, 0.05) is 32.4 Å². The second kappa shape index (κ2) is 6.14. The third-order valence-corrected chi connectivity index (χ3v) is 3.12. The standard InChI is InChI=1S/C11H17ClN4O/c12-11-13-3-2-10(14-11)16-5-1-4-15(6-7-16)8-9-17/h2-3,17H,1,4-9H2. The van der Waals surface area contributed by atoms with Gasteiger partial charge in [-0.3, -0.25) is 4.90 Å². The summed E-state index contributed by atoms with van der Waals surface area (Å²) in [5.74, 6) is 0.885. The summed E-state index contributed by atoms with van der Waals surface area (Å²) in [7, 11) is 0. The third kappa shape index (κ3) is 3.52. The topological polar surface area (TPSA) is 52.5 Å². The zero-order chi connectivity index (χ0) is 12.1. The van der Waals surface area contributed by atoms with Crippen molar-refractivity contribution in [2.45, 2.75) is 6.42 Å². The van der Waals surface area contributed by atoms with Crippen molar-refractivity contribution in [3.8, 4) is 0 Å². The van der Waals surface area contributed by atoms with Crippen LogP contribution in [-0.2, 0) is 0 Å². The zero-order valence-electron chi connectivity index (χ0n) is 9.72. The molecule has 17 heavy (non-hydrogen) atoms. The summed E-state index contributed by atoms with van der Waals surface area (Å²) < 4.78 is 0. The van der Waals surface area contributed by atoms with Crippen LogP contribution in [0, 0.1) is 0 Å². The molecule has 1 aliphatic rings. The number of aromatic nitrogens is 2. The Bertz CT molecular complexity index is 363. The zero-order valence-corrected chi connectivity index (χ0v) is 10.5. The largest absolute Gasteiger partial charge is 0.395 e. The number of rotatable bonds is 3. The fourth-order valence-corrected chi connectivity index (χ4v) is 2.21. The first-order valence-corrected chi connectivity index (χ1v) is 6.24. The Morgan fingerprint density at radius 2 is 2.18 bits per heavy atom. The van der Waals surface area contributed by atoms with E-state index in [0.717, 1.165) is 45.0 Å². The summed E-state index contributed by atoms with van der Waals surface area (Å²) in [6.45, 7) is 4.82. The molecule has 0 spiro atoms. The highest BCUT2D eigenvalue weighted by Crippen LogP contribution is 2.14. The van der Waals surface area contributed by atoms with Gasteiger partial charge in [-0.2, -0.15) is 0 Å². The summed E-state index contributed by atoms with van der Waals surface area (Å²) >= 11 is 5.79. The van der Waals surface area contributed by atoms with E-state index in [1.54, 1.807) is 6.20 Å². The van der Waals surface area contributed by atoms with Gasteiger partial charge in [-0.1, -0.05) is 0 Å². The number of anilines is 1. The molecular weight excluding hydrogens is 240 g/mol. The van der Waals surface area contributed by atoms with Crippen LogP contribution in [0.1, 0.15) is 6.42 Å². The van der Waals surface area contributed by atoms with Crippen molar-refractivity contribution in [1.29, 1.82) is 0 Å². The van der Waals surface area contributed by atoms with Crippen molar-refractivity contribution in [2.24, 2.45) is 0 Å². The predicted molar refractivity (Wildman–Crippen MR) is 67.4 cm³/mol. The van der Waals surface area contributed by atoms with E-state index in [0.29, 0.717) is 5.28 Å². The van der Waals surface area contributed by atoms with Gasteiger partial charge in [0.25, 0.3) is 0 Å². The molecule has 1 saturated heterocycles. The van der Waals surface area contributed by atoms with Crippen LogP contribution in [-0.4, -0.2) is 59.3 Å². The first-order chi connectivity index (χ1) is 8.29. The van der Waals surface area contributed by atoms with E-state index in [1.165, 1.54) is 0 Å². The lowest BCUT2D eigenvalue weighted by Gasteiger charge is -2.22. The van der Waals surface area contributed by atoms with Gasteiger partial charge in [0.2, 0.25) is 5.28 Å². The maximum absolute atomic E-state index is 8.94. The molecule has 94 valence electrons. The molecular formula is C11H17ClN4O. The van der Waals surface area contributed by atoms with Crippen LogP contribution < -0.4 is 4.90 Å². The van der Waals surface area contributed by atoms with Gasteiger partial charge in [0.05, 0.1) is 6.61 Å². The fraction of sp³-hybridized carbons (Fsp3) is 0.636. The van der Waals surface area contributed by atoms with Crippen LogP contribution >= 0.6 is 11.6 Å². The van der Waals surface area contributed by atoms with Gasteiger partial charge in [-0.25, -0.2) is 9.97 Å². The van der Waals surface area contributed by atoms with Crippen molar-refractivity contribution in [3.05, 3.63) is 17.5 Å². The Balaban J connectivity index is 1.99. The number of hydrogen-bond acceptors (Lipinski definition) is 5. The molecule has 5 nitrogen and oxygen atoms in total. The van der Waals surface area contributed by atoms with Crippen molar-refractivity contribution in [2.75, 3.05) is 44.2 Å². The van der Waals surface area contributed by atoms with Crippen LogP contribution in [0.15, 0.2) is 12.3 Å². The Hall–Kier alpha value is -0.910. The summed E-state index contributed by atoms with van der Waals surface area (Å²) in [4.78, 5) is 12.6. The first kappa shape index (κ1) is 12.5. The minimum absolute atomic E-state index is 0.222. The molecule has 1 N–H and O–H groups in total. The number of halogens is 1. The van der Waals surface area contributed by atoms with Crippen LogP contribution in [0.3, 0.4) is 0 Å². The highest BCUT2D eigenvalue weighted by molar-refractivity contribution is 6.28. The van der Waals surface area contributed by atoms with Gasteiger partial charge in [0.15, 0.2) is 0 Å². The molecule has 0 aromatic carbocycles. The number of hydrogen-bond donors (Lipinski definition) is 1. The normalized spacial score (nSPS) is 18.1. The Morgan fingerprint density at radius 3 is 2.94 bits per heavy atom. The lowest BCUT2D eigenvalue weighted by Crippen LogP contribution is -2.32. The van der Waals surface area contributed by atoms with Gasteiger partial charge in [-0.05, 0) is 30.6 Å². The maximum Gasteiger partial charge on any atom is 0.224 e. The monoisotopic (exact) mass is 256 g/mol. The minimum atomic E-state index is 0.222. The summed E-state index contributed by atoms with van der Waals surface area (Å²) in [5, 5.41) is 9.23. The van der Waals surface area contributed by atoms with Gasteiger partial charge < -0.3 is 10.0 Å². The van der Waals surface area contributed by atoms with E-state index >= 15 is 0 Å². The summed E-state index contributed by atoms with van der Waals surface area (Å²) in [6.07, 6.45) is 2.75. The second-order valence-corrected chi connectivity index (χ2v) is 4.43. The van der Waals surface area contributed by atoms with Crippen LogP contribution in [0.25, 0.3) is 0 Å². The highest BCUT2D eigenvalue weighted by Gasteiger charge is 2.15. The average Bonchev–Trinajstić information content (AvgIpc) is 2.55. The third-order valence-electron chi connectivity index (χ3n) is 2.94. The van der Waals surface area contributed by atoms with Gasteiger partial charge >= 0.3 is 0 Å². The number of nitrogens with zero attached hydrogens (tertiary/aromatic N) is 4. The predicted octanol–water partition coefficient (Wildman–Crippen LogP) is 0.634. The lowest BCUT2D eigenvalue weighted by atomic mass is 10.4.